The first-order valence-electron chi connectivity index (χ1n) is 8.14. The second-order valence-electron chi connectivity index (χ2n) is 8.60. The number of phenolic OH excluding ortho intramolecular Hbond substituents is 1. The van der Waals surface area contributed by atoms with Crippen molar-refractivity contribution in [2.45, 2.75) is 52.4 Å². The molecule has 3 aliphatic rings. The highest BCUT2D eigenvalue weighted by atomic mass is 16.3. The fourth-order valence-corrected chi connectivity index (χ4v) is 3.86. The maximum atomic E-state index is 12.9. The summed E-state index contributed by atoms with van der Waals surface area (Å²) >= 11 is 0. The van der Waals surface area contributed by atoms with E-state index in [-0.39, 0.29) is 22.3 Å². The van der Waals surface area contributed by atoms with Gasteiger partial charge in [-0.1, -0.05) is 41.5 Å². The number of hydrogen-bond donors (Lipinski definition) is 1. The summed E-state index contributed by atoms with van der Waals surface area (Å²) in [4.78, 5) is 4.69. The lowest BCUT2D eigenvalue weighted by atomic mass is 9.76. The van der Waals surface area contributed by atoms with Crippen LogP contribution in [0.3, 0.4) is 0 Å². The van der Waals surface area contributed by atoms with Gasteiger partial charge in [0.2, 0.25) is 5.75 Å². The number of anilines is 2. The van der Waals surface area contributed by atoms with Crippen molar-refractivity contribution in [2.75, 3.05) is 36.0 Å². The molecular formula is C18H27N2O2. The van der Waals surface area contributed by atoms with Crippen LogP contribution in [0.15, 0.2) is 0 Å². The molecule has 0 aliphatic carbocycles. The predicted octanol–water partition coefficient (Wildman–Crippen LogP) is 3.77. The second-order valence-corrected chi connectivity index (χ2v) is 8.60. The molecule has 2 bridgehead atoms. The molecule has 1 aromatic rings. The summed E-state index contributed by atoms with van der Waals surface area (Å²) in [5, 5.41) is 23.6. The van der Waals surface area contributed by atoms with E-state index in [1.807, 2.05) is 0 Å². The first kappa shape index (κ1) is 15.3. The minimum atomic E-state index is -0.284. The standard InChI is InChI=1S/C18H27N2O2/c1-17(2,3)11-13-14(20-9-7-19(13)8-10-20)12(18(4,5)6)16(22)15(11)21/h21H,7-10H2,1-6H3. The normalized spacial score (nSPS) is 17.9. The number of phenols is 1. The summed E-state index contributed by atoms with van der Waals surface area (Å²) in [5.41, 5.74) is 3.18. The summed E-state index contributed by atoms with van der Waals surface area (Å²) in [7, 11) is 0. The molecule has 0 saturated carbocycles. The smallest absolute Gasteiger partial charge is 0.226 e. The van der Waals surface area contributed by atoms with Crippen LogP contribution in [0.5, 0.6) is 11.5 Å². The van der Waals surface area contributed by atoms with Gasteiger partial charge in [0.25, 0.3) is 0 Å². The molecule has 1 radical (unpaired) electrons. The average molecular weight is 303 g/mol. The van der Waals surface area contributed by atoms with Crippen molar-refractivity contribution in [2.24, 2.45) is 0 Å². The average Bonchev–Trinajstić information content (AvgIpc) is 2.38. The molecule has 3 heterocycles. The highest BCUT2D eigenvalue weighted by Crippen LogP contribution is 2.57. The third kappa shape index (κ3) is 2.03. The van der Waals surface area contributed by atoms with Gasteiger partial charge in [-0.2, -0.15) is 0 Å². The molecule has 0 amide bonds. The highest BCUT2D eigenvalue weighted by molar-refractivity contribution is 5.88. The molecular weight excluding hydrogens is 276 g/mol. The van der Waals surface area contributed by atoms with E-state index in [0.717, 1.165) is 48.7 Å². The van der Waals surface area contributed by atoms with Crippen molar-refractivity contribution < 1.29 is 10.2 Å². The Balaban J connectivity index is 2.44. The van der Waals surface area contributed by atoms with Gasteiger partial charge >= 0.3 is 0 Å². The van der Waals surface area contributed by atoms with Crippen molar-refractivity contribution >= 4 is 11.4 Å². The molecule has 1 fully saturated rings. The Kier molecular flexibility index (Phi) is 3.11. The van der Waals surface area contributed by atoms with Crippen LogP contribution in [0, 0.1) is 0 Å². The largest absolute Gasteiger partial charge is 0.504 e. The molecule has 22 heavy (non-hydrogen) atoms. The molecule has 4 nitrogen and oxygen atoms in total. The van der Waals surface area contributed by atoms with Gasteiger partial charge in [0.1, 0.15) is 0 Å². The molecule has 3 aliphatic heterocycles. The van der Waals surface area contributed by atoms with Crippen molar-refractivity contribution in [3.63, 3.8) is 0 Å². The van der Waals surface area contributed by atoms with Crippen molar-refractivity contribution in [3.8, 4) is 11.5 Å². The Hall–Kier alpha value is -1.58. The van der Waals surface area contributed by atoms with Crippen molar-refractivity contribution in [1.29, 1.82) is 0 Å². The maximum absolute atomic E-state index is 12.9. The first-order valence-corrected chi connectivity index (χ1v) is 8.14. The number of nitrogens with zero attached hydrogens (tertiary/aromatic N) is 2. The van der Waals surface area contributed by atoms with E-state index in [1.54, 1.807) is 0 Å². The van der Waals surface area contributed by atoms with E-state index in [0.29, 0.717) is 0 Å². The lowest BCUT2D eigenvalue weighted by Crippen LogP contribution is -2.53. The summed E-state index contributed by atoms with van der Waals surface area (Å²) in [5.74, 6) is -0.241. The monoisotopic (exact) mass is 303 g/mol. The van der Waals surface area contributed by atoms with Gasteiger partial charge in [-0.15, -0.1) is 0 Å². The third-order valence-electron chi connectivity index (χ3n) is 4.79. The lowest BCUT2D eigenvalue weighted by molar-refractivity contribution is 0.307. The second kappa shape index (κ2) is 4.46. The zero-order valence-corrected chi connectivity index (χ0v) is 14.6. The zero-order valence-electron chi connectivity index (χ0n) is 14.6. The first-order chi connectivity index (χ1) is 10.0. The van der Waals surface area contributed by atoms with Crippen LogP contribution >= 0.6 is 0 Å². The van der Waals surface area contributed by atoms with Crippen LogP contribution < -0.4 is 9.80 Å². The van der Waals surface area contributed by atoms with Crippen LogP contribution in [-0.2, 0) is 15.9 Å². The van der Waals surface area contributed by atoms with Crippen LogP contribution in [0.1, 0.15) is 52.7 Å². The van der Waals surface area contributed by atoms with Gasteiger partial charge in [0.05, 0.1) is 11.4 Å². The van der Waals surface area contributed by atoms with Gasteiger partial charge in [0.15, 0.2) is 5.75 Å². The Labute approximate surface area is 133 Å². The molecule has 4 rings (SSSR count). The Bertz CT molecular complexity index is 561. The van der Waals surface area contributed by atoms with Crippen LogP contribution in [-0.4, -0.2) is 31.3 Å². The predicted molar refractivity (Wildman–Crippen MR) is 90.1 cm³/mol. The molecule has 4 heteroatoms. The van der Waals surface area contributed by atoms with Crippen LogP contribution in [0.25, 0.3) is 0 Å². The SMILES string of the molecule is CC(C)(C)c1c([O])c(O)c(C(C)(C)C)c2c1N1CCN2CC1. The fourth-order valence-electron chi connectivity index (χ4n) is 3.86. The quantitative estimate of drug-likeness (QED) is 0.793. The Morgan fingerprint density at radius 3 is 1.50 bits per heavy atom. The molecule has 1 aromatic carbocycles. The molecule has 0 unspecified atom stereocenters. The summed E-state index contributed by atoms with van der Waals surface area (Å²) in [6, 6.07) is 0. The number of rotatable bonds is 0. The Morgan fingerprint density at radius 2 is 1.14 bits per heavy atom. The number of fused-ring (bicyclic) bond motifs is 2. The van der Waals surface area contributed by atoms with Crippen LogP contribution in [0.4, 0.5) is 11.4 Å². The molecule has 0 spiro atoms. The van der Waals surface area contributed by atoms with E-state index in [9.17, 15) is 10.2 Å². The maximum Gasteiger partial charge on any atom is 0.226 e. The van der Waals surface area contributed by atoms with E-state index >= 15 is 0 Å². The van der Waals surface area contributed by atoms with E-state index < -0.39 is 0 Å². The van der Waals surface area contributed by atoms with Gasteiger partial charge in [-0.25, -0.2) is 0 Å². The number of aromatic hydroxyl groups is 1. The summed E-state index contributed by atoms with van der Waals surface area (Å²) in [6.45, 7) is 16.2. The van der Waals surface area contributed by atoms with E-state index in [2.05, 4.69) is 51.3 Å². The minimum Gasteiger partial charge on any atom is -0.504 e. The number of hydrogen-bond acceptors (Lipinski definition) is 3. The molecule has 1 saturated heterocycles. The topological polar surface area (TPSA) is 46.6 Å². The van der Waals surface area contributed by atoms with Gasteiger partial charge in [0, 0.05) is 37.3 Å². The van der Waals surface area contributed by atoms with E-state index in [4.69, 9.17) is 0 Å². The number of benzene rings is 1. The van der Waals surface area contributed by atoms with E-state index in [1.165, 1.54) is 0 Å². The minimum absolute atomic E-state index is 0.0510. The van der Waals surface area contributed by atoms with Crippen LogP contribution in [0.2, 0.25) is 0 Å². The molecule has 121 valence electrons. The Morgan fingerprint density at radius 1 is 0.773 bits per heavy atom. The molecule has 0 atom stereocenters. The zero-order chi connectivity index (χ0) is 16.4. The van der Waals surface area contributed by atoms with Crippen molar-refractivity contribution in [1.82, 2.24) is 0 Å². The lowest BCUT2D eigenvalue weighted by Gasteiger charge is -2.49. The third-order valence-corrected chi connectivity index (χ3v) is 4.79. The fraction of sp³-hybridized carbons (Fsp3) is 0.667. The van der Waals surface area contributed by atoms with Crippen molar-refractivity contribution in [3.05, 3.63) is 11.1 Å². The number of piperazine rings is 1. The summed E-state index contributed by atoms with van der Waals surface area (Å²) in [6.07, 6.45) is 0. The highest BCUT2D eigenvalue weighted by Gasteiger charge is 2.42. The van der Waals surface area contributed by atoms with Gasteiger partial charge < -0.3 is 14.9 Å². The van der Waals surface area contributed by atoms with Gasteiger partial charge in [-0.05, 0) is 10.8 Å². The molecule has 1 N–H and O–H groups in total. The van der Waals surface area contributed by atoms with Gasteiger partial charge in [-0.3, -0.25) is 5.11 Å². The summed E-state index contributed by atoms with van der Waals surface area (Å²) < 4.78 is 0. The molecule has 0 aromatic heterocycles.